The van der Waals surface area contributed by atoms with Crippen LogP contribution >= 0.6 is 0 Å². The molecule has 6 nitrogen and oxygen atoms in total. The molecule has 71 heavy (non-hydrogen) atoms. The topological polar surface area (TPSA) is 78.9 Å². The molecule has 412 valence electrons. The fourth-order valence-electron chi connectivity index (χ4n) is 8.94. The van der Waals surface area contributed by atoms with E-state index in [9.17, 15) is 14.4 Å². The van der Waals surface area contributed by atoms with Crippen LogP contribution in [0.5, 0.6) is 0 Å². The Hall–Kier alpha value is -2.89. The highest BCUT2D eigenvalue weighted by Crippen LogP contribution is 2.17. The Morgan fingerprint density at radius 2 is 0.549 bits per heavy atom. The molecule has 0 fully saturated rings. The minimum atomic E-state index is -0.766. The van der Waals surface area contributed by atoms with E-state index >= 15 is 0 Å². The molecule has 0 bridgehead atoms. The fourth-order valence-corrected chi connectivity index (χ4v) is 8.94. The number of ether oxygens (including phenoxy) is 3. The van der Waals surface area contributed by atoms with Gasteiger partial charge in [0.05, 0.1) is 0 Å². The number of hydrogen-bond donors (Lipinski definition) is 0. The van der Waals surface area contributed by atoms with Crippen molar-refractivity contribution in [1.82, 2.24) is 0 Å². The van der Waals surface area contributed by atoms with Crippen molar-refractivity contribution < 1.29 is 28.6 Å². The average Bonchev–Trinajstić information content (AvgIpc) is 3.37. The van der Waals surface area contributed by atoms with Crippen molar-refractivity contribution in [2.45, 2.75) is 322 Å². The lowest BCUT2D eigenvalue weighted by molar-refractivity contribution is -0.167. The molecule has 0 amide bonds. The first-order valence-electron chi connectivity index (χ1n) is 30.8. The van der Waals surface area contributed by atoms with Gasteiger partial charge in [-0.3, -0.25) is 14.4 Å². The minimum Gasteiger partial charge on any atom is -0.462 e. The van der Waals surface area contributed by atoms with Crippen LogP contribution in [0.2, 0.25) is 0 Å². The Bertz CT molecular complexity index is 1280. The van der Waals surface area contributed by atoms with Crippen LogP contribution in [0.3, 0.4) is 0 Å². The average molecular weight is 994 g/mol. The lowest BCUT2D eigenvalue weighted by Crippen LogP contribution is -2.30. The van der Waals surface area contributed by atoms with Crippen LogP contribution in [0.4, 0.5) is 0 Å². The highest BCUT2D eigenvalue weighted by atomic mass is 16.6. The number of hydrogen-bond acceptors (Lipinski definition) is 6. The van der Waals surface area contributed by atoms with Crippen molar-refractivity contribution >= 4 is 17.9 Å². The molecule has 0 aromatic carbocycles. The van der Waals surface area contributed by atoms with E-state index in [2.05, 4.69) is 81.5 Å². The monoisotopic (exact) mass is 993 g/mol. The zero-order valence-corrected chi connectivity index (χ0v) is 47.2. The Morgan fingerprint density at radius 1 is 0.296 bits per heavy atom. The quantitative estimate of drug-likeness (QED) is 0.0261. The predicted octanol–water partition coefficient (Wildman–Crippen LogP) is 20.8. The molecule has 0 saturated carbocycles. The smallest absolute Gasteiger partial charge is 0.306 e. The summed E-state index contributed by atoms with van der Waals surface area (Å²) < 4.78 is 16.8. The van der Waals surface area contributed by atoms with Gasteiger partial charge in [0.25, 0.3) is 0 Å². The van der Waals surface area contributed by atoms with Gasteiger partial charge in [0.1, 0.15) is 13.2 Å². The van der Waals surface area contributed by atoms with Crippen LogP contribution in [0.1, 0.15) is 316 Å². The van der Waals surface area contributed by atoms with Crippen LogP contribution in [-0.2, 0) is 28.6 Å². The van der Waals surface area contributed by atoms with E-state index in [1.807, 2.05) is 0 Å². The number of esters is 3. The van der Waals surface area contributed by atoms with Crippen molar-refractivity contribution in [2.24, 2.45) is 0 Å². The summed E-state index contributed by atoms with van der Waals surface area (Å²) in [6.45, 7) is 6.53. The molecular formula is C65H116O6. The van der Waals surface area contributed by atoms with Crippen molar-refractivity contribution in [2.75, 3.05) is 13.2 Å². The van der Waals surface area contributed by atoms with Crippen LogP contribution in [0, 0.1) is 0 Å². The third-order valence-electron chi connectivity index (χ3n) is 13.5. The molecule has 1 unspecified atom stereocenters. The molecule has 0 N–H and O–H groups in total. The normalized spacial score (nSPS) is 12.4. The Labute approximate surface area is 440 Å². The third-order valence-corrected chi connectivity index (χ3v) is 13.5. The number of allylic oxidation sites excluding steroid dienone is 10. The molecule has 0 aliphatic carbocycles. The molecule has 0 aliphatic rings. The standard InChI is InChI=1S/C65H116O6/c1-4-7-10-13-16-19-22-23-24-25-26-27-28-29-30-31-32-33-34-35-36-37-38-39-40-41-42-43-44-47-49-52-55-58-64(67)70-61-62(71-65(68)59-56-53-50-46-21-18-15-12-9-6-3)60-69-63(66)57-54-51-48-45-20-17-14-11-8-5-2/h7,10,16,19,23-24,26-27,29-30,62H,4-6,8-9,11-15,17-18,20-22,25,28,31-61H2,1-3H3/b10-7-,19-16-,24-23-,27-26-,30-29-. The summed E-state index contributed by atoms with van der Waals surface area (Å²) in [4.78, 5) is 38.0. The molecule has 0 aliphatic heterocycles. The highest BCUT2D eigenvalue weighted by molar-refractivity contribution is 5.71. The molecular weight excluding hydrogens is 877 g/mol. The zero-order chi connectivity index (χ0) is 51.4. The maximum absolute atomic E-state index is 12.8. The summed E-state index contributed by atoms with van der Waals surface area (Å²) >= 11 is 0. The SMILES string of the molecule is CC/C=C\C/C=C\C/C=C\C/C=C\C/C=C\CCCCCCCCCCCCCCCCCCCC(=O)OCC(COC(=O)CCCCCCCCCCCC)OC(=O)CCCCCCCCCCCC. The van der Waals surface area contributed by atoms with E-state index < -0.39 is 6.10 Å². The summed E-state index contributed by atoms with van der Waals surface area (Å²) in [6.07, 6.45) is 75.4. The summed E-state index contributed by atoms with van der Waals surface area (Å²) in [6, 6.07) is 0. The Balaban J connectivity index is 3.99. The van der Waals surface area contributed by atoms with Gasteiger partial charge in [-0.15, -0.1) is 0 Å². The van der Waals surface area contributed by atoms with E-state index in [4.69, 9.17) is 14.2 Å². The fraction of sp³-hybridized carbons (Fsp3) is 0.800. The largest absolute Gasteiger partial charge is 0.462 e. The summed E-state index contributed by atoms with van der Waals surface area (Å²) in [5.74, 6) is -0.856. The first-order valence-corrected chi connectivity index (χ1v) is 30.8. The van der Waals surface area contributed by atoms with Crippen LogP contribution in [0.25, 0.3) is 0 Å². The lowest BCUT2D eigenvalue weighted by atomic mass is 10.0. The Kier molecular flexibility index (Phi) is 57.2. The summed E-state index contributed by atoms with van der Waals surface area (Å²) in [7, 11) is 0. The van der Waals surface area contributed by atoms with Crippen LogP contribution < -0.4 is 0 Å². The molecule has 0 aromatic heterocycles. The van der Waals surface area contributed by atoms with Crippen LogP contribution in [0.15, 0.2) is 60.8 Å². The first kappa shape index (κ1) is 68.1. The number of carbonyl (C=O) groups excluding carboxylic acids is 3. The second-order valence-electron chi connectivity index (χ2n) is 20.6. The predicted molar refractivity (Wildman–Crippen MR) is 307 cm³/mol. The van der Waals surface area contributed by atoms with Crippen molar-refractivity contribution in [3.8, 4) is 0 Å². The van der Waals surface area contributed by atoms with E-state index in [1.54, 1.807) is 0 Å². The minimum absolute atomic E-state index is 0.0675. The van der Waals surface area contributed by atoms with Crippen molar-refractivity contribution in [3.63, 3.8) is 0 Å². The molecule has 0 rings (SSSR count). The molecule has 0 heterocycles. The Morgan fingerprint density at radius 3 is 0.859 bits per heavy atom. The molecule has 6 heteroatoms. The molecule has 0 radical (unpaired) electrons. The molecule has 0 spiro atoms. The molecule has 0 aromatic rings. The summed E-state index contributed by atoms with van der Waals surface area (Å²) in [5, 5.41) is 0. The van der Waals surface area contributed by atoms with Gasteiger partial charge in [0.15, 0.2) is 6.10 Å². The van der Waals surface area contributed by atoms with Gasteiger partial charge in [0.2, 0.25) is 0 Å². The number of carbonyl (C=O) groups is 3. The van der Waals surface area contributed by atoms with Gasteiger partial charge >= 0.3 is 17.9 Å². The maximum Gasteiger partial charge on any atom is 0.306 e. The van der Waals surface area contributed by atoms with Gasteiger partial charge in [0, 0.05) is 19.3 Å². The van der Waals surface area contributed by atoms with E-state index in [1.165, 1.54) is 186 Å². The third kappa shape index (κ3) is 57.9. The van der Waals surface area contributed by atoms with Gasteiger partial charge in [-0.05, 0) is 64.2 Å². The number of unbranched alkanes of at least 4 members (excludes halogenated alkanes) is 35. The van der Waals surface area contributed by atoms with Crippen molar-refractivity contribution in [3.05, 3.63) is 60.8 Å². The van der Waals surface area contributed by atoms with Gasteiger partial charge in [-0.2, -0.15) is 0 Å². The second-order valence-corrected chi connectivity index (χ2v) is 20.6. The van der Waals surface area contributed by atoms with Gasteiger partial charge in [-0.1, -0.05) is 293 Å². The lowest BCUT2D eigenvalue weighted by Gasteiger charge is -2.18. The zero-order valence-electron chi connectivity index (χ0n) is 47.2. The van der Waals surface area contributed by atoms with Gasteiger partial charge < -0.3 is 14.2 Å². The van der Waals surface area contributed by atoms with E-state index in [0.29, 0.717) is 19.3 Å². The number of rotatable bonds is 56. The van der Waals surface area contributed by atoms with Crippen molar-refractivity contribution in [1.29, 1.82) is 0 Å². The van der Waals surface area contributed by atoms with E-state index in [-0.39, 0.29) is 31.1 Å². The summed E-state index contributed by atoms with van der Waals surface area (Å²) in [5.41, 5.74) is 0. The second kappa shape index (κ2) is 59.7. The highest BCUT2D eigenvalue weighted by Gasteiger charge is 2.19. The molecule has 1 atom stereocenters. The van der Waals surface area contributed by atoms with Crippen LogP contribution in [-0.4, -0.2) is 37.2 Å². The van der Waals surface area contributed by atoms with Gasteiger partial charge in [-0.25, -0.2) is 0 Å². The maximum atomic E-state index is 12.8. The van der Waals surface area contributed by atoms with E-state index in [0.717, 1.165) is 89.9 Å². The molecule has 0 saturated heterocycles. The first-order chi connectivity index (χ1) is 35.0.